The Hall–Kier alpha value is 0.250. The van der Waals surface area contributed by atoms with Crippen LogP contribution in [0.15, 0.2) is 14.4 Å². The van der Waals surface area contributed by atoms with Gasteiger partial charge < -0.3 is 0 Å². The zero-order valence-electron chi connectivity index (χ0n) is 4.88. The third-order valence-electron chi connectivity index (χ3n) is 0.906. The van der Waals surface area contributed by atoms with Crippen LogP contribution in [0.1, 0.15) is 0 Å². The summed E-state index contributed by atoms with van der Waals surface area (Å²) in [5.41, 5.74) is -3.13. The van der Waals surface area contributed by atoms with Gasteiger partial charge in [-0.15, -0.1) is 8.17 Å². The van der Waals surface area contributed by atoms with Crippen LogP contribution >= 0.6 is 23.6 Å². The van der Waals surface area contributed by atoms with Crippen molar-refractivity contribution >= 4 is 61.3 Å². The van der Waals surface area contributed by atoms with E-state index >= 15 is 0 Å². The summed E-state index contributed by atoms with van der Waals surface area (Å²) in [6.45, 7) is 0. The Morgan fingerprint density at radius 2 is 1.33 bits per heavy atom. The Kier molecular flexibility index (Phi) is 4.57. The van der Waals surface area contributed by atoms with Gasteiger partial charge in [0.1, 0.15) is 0 Å². The van der Waals surface area contributed by atoms with Crippen LogP contribution in [0.4, 0.5) is 0 Å². The number of nitrogens with one attached hydrogen (secondary N) is 1. The van der Waals surface area contributed by atoms with Gasteiger partial charge >= 0.3 is 54.8 Å². The van der Waals surface area contributed by atoms with Crippen LogP contribution in [0.3, 0.4) is 0 Å². The van der Waals surface area contributed by atoms with Gasteiger partial charge in [0, 0.05) is 23.6 Å². The van der Waals surface area contributed by atoms with E-state index in [0.717, 1.165) is 0 Å². The molecule has 0 unspecified atom stereocenters. The van der Waals surface area contributed by atoms with E-state index in [4.69, 9.17) is 23.6 Å². The van der Waals surface area contributed by atoms with Crippen molar-refractivity contribution in [3.8, 4) is 0 Å². The second-order valence-corrected chi connectivity index (χ2v) is 2.26. The molecule has 1 rings (SSSR count). The molecule has 0 saturated heterocycles. The molecule has 1 heterocycles. The minimum absolute atomic E-state index is 0. The fourth-order valence-electron chi connectivity index (χ4n) is 0.440. The first kappa shape index (κ1) is 12.2. The van der Waals surface area contributed by atoms with Crippen molar-refractivity contribution in [1.82, 2.24) is 13.2 Å². The van der Waals surface area contributed by atoms with Crippen molar-refractivity contribution in [2.45, 2.75) is 0 Å². The Morgan fingerprint density at radius 3 is 1.67 bits per heavy atom. The summed E-state index contributed by atoms with van der Waals surface area (Å²) in [5, 5.41) is 0. The average Bonchev–Trinajstić information content (AvgIpc) is 1.97. The van der Waals surface area contributed by atoms with Gasteiger partial charge in [-0.25, -0.2) is 14.4 Å². The van der Waals surface area contributed by atoms with Crippen LogP contribution in [0.5, 0.6) is 0 Å². The molecule has 1 aromatic rings. The summed E-state index contributed by atoms with van der Waals surface area (Å²) in [6.07, 6.45) is 0. The van der Waals surface area contributed by atoms with E-state index in [-0.39, 0.29) is 45.9 Å². The first-order chi connectivity index (χ1) is 5.04. The summed E-state index contributed by atoms with van der Waals surface area (Å²) in [7, 11) is 0. The number of rotatable bonds is 0. The molecule has 0 radical (unpaired) electrons. The molecule has 0 spiro atoms. The average molecular weight is 240 g/mol. The van der Waals surface area contributed by atoms with Crippen LogP contribution < -0.4 is 17.1 Å². The van der Waals surface area contributed by atoms with Gasteiger partial charge in [0.25, 0.3) is 0 Å². The monoisotopic (exact) mass is 239 g/mol. The van der Waals surface area contributed by atoms with E-state index in [1.807, 2.05) is 0 Å². The third kappa shape index (κ3) is 2.14. The SMILES string of the molecule is O=c1[nH]c(=O)n(Cl)c(=O)n1Cl.[CaH2]. The van der Waals surface area contributed by atoms with Crippen molar-refractivity contribution in [2.24, 2.45) is 0 Å². The van der Waals surface area contributed by atoms with Crippen LogP contribution in [-0.2, 0) is 0 Å². The zero-order chi connectivity index (χ0) is 8.59. The van der Waals surface area contributed by atoms with Gasteiger partial charge in [-0.2, -0.15) is 0 Å². The Bertz CT molecular complexity index is 408. The van der Waals surface area contributed by atoms with Crippen LogP contribution in [0.2, 0.25) is 0 Å². The molecule has 1 N–H and O–H groups in total. The summed E-state index contributed by atoms with van der Waals surface area (Å²) in [6, 6.07) is 0. The fourth-order valence-corrected chi connectivity index (χ4v) is 0.715. The predicted octanol–water partition coefficient (Wildman–Crippen LogP) is -2.21. The summed E-state index contributed by atoms with van der Waals surface area (Å²) in [4.78, 5) is 33.4. The number of nitrogens with zero attached hydrogens (tertiary/aromatic N) is 2. The van der Waals surface area contributed by atoms with Gasteiger partial charge in [-0.05, 0) is 0 Å². The molecule has 0 aliphatic carbocycles. The van der Waals surface area contributed by atoms with Crippen LogP contribution in [-0.4, -0.2) is 50.9 Å². The number of hydrogen-bond acceptors (Lipinski definition) is 3. The Morgan fingerprint density at radius 1 is 1.00 bits per heavy atom. The second kappa shape index (κ2) is 4.48. The maximum atomic E-state index is 10.7. The van der Waals surface area contributed by atoms with Crippen molar-refractivity contribution in [2.75, 3.05) is 0 Å². The summed E-state index contributed by atoms with van der Waals surface area (Å²) >= 11 is 10.1. The van der Waals surface area contributed by atoms with E-state index in [2.05, 4.69) is 0 Å². The van der Waals surface area contributed by atoms with Crippen molar-refractivity contribution in [3.63, 3.8) is 0 Å². The molecule has 0 fully saturated rings. The minimum atomic E-state index is -1.10. The van der Waals surface area contributed by atoms with Crippen molar-refractivity contribution < 1.29 is 0 Å². The molecule has 0 aromatic carbocycles. The molecule has 64 valence electrons. The van der Waals surface area contributed by atoms with E-state index < -0.39 is 17.1 Å². The zero-order valence-corrected chi connectivity index (χ0v) is 6.39. The normalized spacial score (nSPS) is 9.17. The predicted molar refractivity (Wildman–Crippen MR) is 46.6 cm³/mol. The standard InChI is InChI=1S/C3HCl2N3O3.Ca.2H/c4-7-1(9)6-2(10)8(5)3(7)11;;;/h(H,6,9,10);;;. The quantitative estimate of drug-likeness (QED) is 0.522. The summed E-state index contributed by atoms with van der Waals surface area (Å²) in [5.74, 6) is 0. The van der Waals surface area contributed by atoms with Gasteiger partial charge in [0.15, 0.2) is 0 Å². The molecule has 12 heavy (non-hydrogen) atoms. The second-order valence-electron chi connectivity index (χ2n) is 1.58. The maximum absolute atomic E-state index is 10.7. The fraction of sp³-hybridized carbons (Fsp3) is 0. The van der Waals surface area contributed by atoms with Gasteiger partial charge in [0.2, 0.25) is 0 Å². The summed E-state index contributed by atoms with van der Waals surface area (Å²) < 4.78 is 0.322. The molecule has 0 amide bonds. The molecule has 0 saturated carbocycles. The number of aromatic amines is 1. The number of hydrogen-bond donors (Lipinski definition) is 1. The number of H-pyrrole nitrogens is 1. The van der Waals surface area contributed by atoms with Gasteiger partial charge in [-0.3, -0.25) is 4.98 Å². The first-order valence-electron chi connectivity index (χ1n) is 2.34. The topological polar surface area (TPSA) is 76.9 Å². The van der Waals surface area contributed by atoms with Crippen molar-refractivity contribution in [3.05, 3.63) is 31.5 Å². The van der Waals surface area contributed by atoms with Crippen LogP contribution in [0.25, 0.3) is 0 Å². The third-order valence-corrected chi connectivity index (χ3v) is 1.50. The number of aromatic nitrogens is 3. The molecule has 0 aliphatic rings. The van der Waals surface area contributed by atoms with E-state index in [9.17, 15) is 14.4 Å². The van der Waals surface area contributed by atoms with Gasteiger partial charge in [-0.1, -0.05) is 0 Å². The molecule has 9 heteroatoms. The molecular formula is C3H3CaCl2N3O3. The molecule has 1 aromatic heterocycles. The van der Waals surface area contributed by atoms with E-state index in [1.165, 1.54) is 0 Å². The van der Waals surface area contributed by atoms with Crippen LogP contribution in [0, 0.1) is 0 Å². The number of halogens is 2. The molecule has 0 atom stereocenters. The van der Waals surface area contributed by atoms with Crippen molar-refractivity contribution in [1.29, 1.82) is 0 Å². The Labute approximate surface area is 105 Å². The molecule has 0 bridgehead atoms. The molecule has 0 aliphatic heterocycles. The van der Waals surface area contributed by atoms with E-state index in [1.54, 1.807) is 4.98 Å². The Balaban J connectivity index is 0.00000121. The first-order valence-corrected chi connectivity index (χ1v) is 3.02. The molecule has 6 nitrogen and oxygen atoms in total. The van der Waals surface area contributed by atoms with Gasteiger partial charge in [0.05, 0.1) is 0 Å². The molecular weight excluding hydrogens is 237 g/mol. The van der Waals surface area contributed by atoms with E-state index in [0.29, 0.717) is 0 Å².